The van der Waals surface area contributed by atoms with Crippen molar-refractivity contribution in [2.75, 3.05) is 5.32 Å². The number of nitrogens with zero attached hydrogens (tertiary/aromatic N) is 2. The molecule has 0 atom stereocenters. The Kier molecular flexibility index (Phi) is 5.41. The minimum absolute atomic E-state index is 0.284. The number of benzene rings is 1. The van der Waals surface area contributed by atoms with Gasteiger partial charge in [-0.1, -0.05) is 40.0 Å². The Balaban J connectivity index is 1.75. The van der Waals surface area contributed by atoms with Crippen LogP contribution in [0.2, 0.25) is 0 Å². The number of rotatable bonds is 5. The lowest BCUT2D eigenvalue weighted by molar-refractivity contribution is 0.100. The van der Waals surface area contributed by atoms with Crippen LogP contribution in [0.5, 0.6) is 0 Å². The second-order valence-corrected chi connectivity index (χ2v) is 9.55. The van der Waals surface area contributed by atoms with Crippen LogP contribution in [0.4, 0.5) is 5.69 Å². The first-order valence-electron chi connectivity index (χ1n) is 11.2. The average Bonchev–Trinajstić information content (AvgIpc) is 3.05. The molecule has 0 unspecified atom stereocenters. The maximum Gasteiger partial charge on any atom is 0.250 e. The van der Waals surface area contributed by atoms with Gasteiger partial charge in [-0.2, -0.15) is 5.10 Å². The van der Waals surface area contributed by atoms with Crippen molar-refractivity contribution in [2.45, 2.75) is 84.6 Å². The summed E-state index contributed by atoms with van der Waals surface area (Å²) in [5.41, 5.74) is 12.3. The smallest absolute Gasteiger partial charge is 0.250 e. The van der Waals surface area contributed by atoms with Crippen LogP contribution >= 0.6 is 0 Å². The molecule has 1 fully saturated rings. The van der Waals surface area contributed by atoms with E-state index < -0.39 is 0 Å². The van der Waals surface area contributed by atoms with E-state index in [9.17, 15) is 4.79 Å². The van der Waals surface area contributed by atoms with E-state index in [-0.39, 0.29) is 11.3 Å². The summed E-state index contributed by atoms with van der Waals surface area (Å²) in [6, 6.07) is 6.33. The highest BCUT2D eigenvalue weighted by atomic mass is 16.1. The van der Waals surface area contributed by atoms with Gasteiger partial charge in [-0.15, -0.1) is 0 Å². The van der Waals surface area contributed by atoms with Gasteiger partial charge in [0.25, 0.3) is 5.91 Å². The SMILES string of the molecule is CCc1nn(-c2ccc(C(N)=O)c(NC3CCCCC3)c2)c2c1CCC(C)(C)C2. The van der Waals surface area contributed by atoms with E-state index in [1.807, 2.05) is 12.1 Å². The predicted octanol–water partition coefficient (Wildman–Crippen LogP) is 4.79. The first kappa shape index (κ1) is 20.0. The largest absolute Gasteiger partial charge is 0.382 e. The fraction of sp³-hybridized carbons (Fsp3) is 0.583. The number of nitrogens with one attached hydrogen (secondary N) is 1. The van der Waals surface area contributed by atoms with Crippen molar-refractivity contribution in [3.63, 3.8) is 0 Å². The Morgan fingerprint density at radius 3 is 2.72 bits per heavy atom. The minimum Gasteiger partial charge on any atom is -0.382 e. The third kappa shape index (κ3) is 4.05. The van der Waals surface area contributed by atoms with E-state index >= 15 is 0 Å². The highest BCUT2D eigenvalue weighted by Crippen LogP contribution is 2.37. The van der Waals surface area contributed by atoms with E-state index in [2.05, 4.69) is 36.8 Å². The van der Waals surface area contributed by atoms with E-state index in [0.29, 0.717) is 11.6 Å². The molecule has 1 aromatic carbocycles. The molecule has 0 saturated heterocycles. The zero-order chi connectivity index (χ0) is 20.6. The van der Waals surface area contributed by atoms with Crippen LogP contribution < -0.4 is 11.1 Å². The fourth-order valence-electron chi connectivity index (χ4n) is 4.97. The van der Waals surface area contributed by atoms with Crippen LogP contribution in [0.15, 0.2) is 18.2 Å². The molecule has 1 amide bonds. The number of carbonyl (C=O) groups excluding carboxylic acids is 1. The summed E-state index contributed by atoms with van der Waals surface area (Å²) in [7, 11) is 0. The normalized spacial score (nSPS) is 19.0. The van der Waals surface area contributed by atoms with Gasteiger partial charge in [0, 0.05) is 17.4 Å². The van der Waals surface area contributed by atoms with Gasteiger partial charge < -0.3 is 11.1 Å². The van der Waals surface area contributed by atoms with Crippen molar-refractivity contribution in [1.82, 2.24) is 9.78 Å². The monoisotopic (exact) mass is 394 g/mol. The summed E-state index contributed by atoms with van der Waals surface area (Å²) in [4.78, 5) is 12.0. The van der Waals surface area contributed by atoms with Crippen LogP contribution in [-0.4, -0.2) is 21.7 Å². The summed E-state index contributed by atoms with van der Waals surface area (Å²) < 4.78 is 2.12. The molecule has 0 radical (unpaired) electrons. The Morgan fingerprint density at radius 1 is 1.28 bits per heavy atom. The summed E-state index contributed by atoms with van der Waals surface area (Å²) in [5, 5.41) is 8.60. The highest BCUT2D eigenvalue weighted by Gasteiger charge is 2.31. The first-order chi connectivity index (χ1) is 13.9. The molecule has 2 aliphatic carbocycles. The zero-order valence-corrected chi connectivity index (χ0v) is 18.1. The van der Waals surface area contributed by atoms with Crippen molar-refractivity contribution in [1.29, 1.82) is 0 Å². The van der Waals surface area contributed by atoms with Crippen molar-refractivity contribution in [3.8, 4) is 5.69 Å². The van der Waals surface area contributed by atoms with Crippen molar-refractivity contribution in [2.24, 2.45) is 11.1 Å². The zero-order valence-electron chi connectivity index (χ0n) is 18.1. The van der Waals surface area contributed by atoms with Gasteiger partial charge in [0.1, 0.15) is 0 Å². The molecule has 0 spiro atoms. The van der Waals surface area contributed by atoms with Crippen LogP contribution in [0.3, 0.4) is 0 Å². The van der Waals surface area contributed by atoms with Gasteiger partial charge in [-0.25, -0.2) is 4.68 Å². The quantitative estimate of drug-likeness (QED) is 0.765. The average molecular weight is 395 g/mol. The van der Waals surface area contributed by atoms with Crippen LogP contribution in [0, 0.1) is 5.41 Å². The van der Waals surface area contributed by atoms with Gasteiger partial charge in [0.2, 0.25) is 0 Å². The number of hydrogen-bond acceptors (Lipinski definition) is 3. The molecule has 1 aromatic heterocycles. The Morgan fingerprint density at radius 2 is 2.03 bits per heavy atom. The number of fused-ring (bicyclic) bond motifs is 1. The van der Waals surface area contributed by atoms with Crippen LogP contribution in [0.25, 0.3) is 5.69 Å². The summed E-state index contributed by atoms with van der Waals surface area (Å²) in [6.45, 7) is 6.86. The van der Waals surface area contributed by atoms with Gasteiger partial charge in [0.05, 0.1) is 16.9 Å². The number of carbonyl (C=O) groups is 1. The Labute approximate surface area is 174 Å². The van der Waals surface area contributed by atoms with Crippen molar-refractivity contribution >= 4 is 11.6 Å². The lowest BCUT2D eigenvalue weighted by atomic mass is 9.76. The Hall–Kier alpha value is -2.30. The predicted molar refractivity (Wildman–Crippen MR) is 118 cm³/mol. The molecule has 0 aliphatic heterocycles. The van der Waals surface area contributed by atoms with Crippen molar-refractivity contribution < 1.29 is 4.79 Å². The molecular weight excluding hydrogens is 360 g/mol. The van der Waals surface area contributed by atoms with E-state index in [1.165, 1.54) is 42.6 Å². The molecule has 5 heteroatoms. The van der Waals surface area contributed by atoms with Gasteiger partial charge in [0.15, 0.2) is 0 Å². The van der Waals surface area contributed by atoms with E-state index in [1.54, 1.807) is 0 Å². The third-order valence-electron chi connectivity index (χ3n) is 6.68. The molecule has 1 saturated carbocycles. The molecule has 1 heterocycles. The number of nitrogens with two attached hydrogens (primary N) is 1. The maximum absolute atomic E-state index is 12.0. The molecule has 2 aromatic rings. The molecule has 0 bridgehead atoms. The second-order valence-electron chi connectivity index (χ2n) is 9.55. The molecular formula is C24H34N4O. The summed E-state index contributed by atoms with van der Waals surface area (Å²) >= 11 is 0. The number of primary amides is 1. The number of aromatic nitrogens is 2. The van der Waals surface area contributed by atoms with Gasteiger partial charge in [-0.05, 0) is 67.7 Å². The third-order valence-corrected chi connectivity index (χ3v) is 6.68. The number of anilines is 1. The molecule has 156 valence electrons. The minimum atomic E-state index is -0.382. The number of amides is 1. The van der Waals surface area contributed by atoms with Gasteiger partial charge >= 0.3 is 0 Å². The van der Waals surface area contributed by atoms with E-state index in [4.69, 9.17) is 10.8 Å². The summed E-state index contributed by atoms with van der Waals surface area (Å²) in [6.07, 6.45) is 10.3. The summed E-state index contributed by atoms with van der Waals surface area (Å²) in [5.74, 6) is -0.382. The fourth-order valence-corrected chi connectivity index (χ4v) is 4.97. The van der Waals surface area contributed by atoms with Gasteiger partial charge in [-0.3, -0.25) is 4.79 Å². The van der Waals surface area contributed by atoms with Crippen LogP contribution in [0.1, 0.15) is 86.6 Å². The van der Waals surface area contributed by atoms with E-state index in [0.717, 1.165) is 43.5 Å². The van der Waals surface area contributed by atoms with Crippen LogP contribution in [-0.2, 0) is 19.3 Å². The molecule has 5 nitrogen and oxygen atoms in total. The topological polar surface area (TPSA) is 72.9 Å². The molecule has 4 rings (SSSR count). The highest BCUT2D eigenvalue weighted by molar-refractivity contribution is 5.99. The first-order valence-corrected chi connectivity index (χ1v) is 11.2. The standard InChI is InChI=1S/C24H34N4O/c1-4-20-18-12-13-24(2,3)15-22(18)28(27-20)17-10-11-19(23(25)29)21(14-17)26-16-8-6-5-7-9-16/h10-11,14,16,26H,4-9,12-13,15H2,1-3H3,(H2,25,29). The maximum atomic E-state index is 12.0. The Bertz CT molecular complexity index is 906. The molecule has 3 N–H and O–H groups in total. The lowest BCUT2D eigenvalue weighted by Gasteiger charge is -2.30. The van der Waals surface area contributed by atoms with Crippen molar-refractivity contribution in [3.05, 3.63) is 40.7 Å². The number of aryl methyl sites for hydroxylation is 1. The lowest BCUT2D eigenvalue weighted by Crippen LogP contribution is -2.25. The number of hydrogen-bond donors (Lipinski definition) is 2. The molecule has 2 aliphatic rings. The second kappa shape index (κ2) is 7.85. The molecule has 29 heavy (non-hydrogen) atoms.